The average Bonchev–Trinajstić information content (AvgIpc) is 2.70. The van der Waals surface area contributed by atoms with Crippen molar-refractivity contribution in [1.82, 2.24) is 9.78 Å². The van der Waals surface area contributed by atoms with E-state index in [0.29, 0.717) is 16.3 Å². The Morgan fingerprint density at radius 1 is 1.42 bits per heavy atom. The van der Waals surface area contributed by atoms with Crippen LogP contribution in [0.25, 0.3) is 0 Å². The van der Waals surface area contributed by atoms with E-state index in [-0.39, 0.29) is 0 Å². The summed E-state index contributed by atoms with van der Waals surface area (Å²) in [7, 11) is 0.712. The van der Waals surface area contributed by atoms with E-state index >= 15 is 0 Å². The second kappa shape index (κ2) is 5.88. The Labute approximate surface area is 123 Å². The van der Waals surface area contributed by atoms with E-state index in [1.54, 1.807) is 16.8 Å². The maximum absolute atomic E-state index is 12.4. The normalized spacial score (nSPS) is 12.6. The molecule has 1 aromatic heterocycles. The van der Waals surface area contributed by atoms with Crippen molar-refractivity contribution in [2.75, 3.05) is 5.73 Å². The fraction of sp³-hybridized carbons (Fsp3) is 0.308. The van der Waals surface area contributed by atoms with E-state index in [9.17, 15) is 4.21 Å². The van der Waals surface area contributed by atoms with Crippen molar-refractivity contribution in [3.05, 3.63) is 40.1 Å². The lowest BCUT2D eigenvalue weighted by Gasteiger charge is -2.06. The van der Waals surface area contributed by atoms with E-state index < -0.39 is 10.8 Å². The summed E-state index contributed by atoms with van der Waals surface area (Å²) in [6.07, 6.45) is 0.876. The molecule has 2 aromatic rings. The zero-order chi connectivity index (χ0) is 14.0. The van der Waals surface area contributed by atoms with Gasteiger partial charge < -0.3 is 5.73 Å². The summed E-state index contributed by atoms with van der Waals surface area (Å²) in [5, 5.41) is 4.36. The van der Waals surface area contributed by atoms with Crippen LogP contribution in [0.1, 0.15) is 18.3 Å². The molecule has 0 aliphatic rings. The lowest BCUT2D eigenvalue weighted by atomic mass is 10.3. The Bertz CT molecular complexity index is 624. The van der Waals surface area contributed by atoms with Crippen LogP contribution in [0, 0.1) is 0 Å². The van der Waals surface area contributed by atoms with Crippen molar-refractivity contribution in [3.8, 4) is 0 Å². The number of rotatable bonds is 4. The molecule has 0 aliphatic heterocycles. The molecule has 0 bridgehead atoms. The maximum Gasteiger partial charge on any atom is 0.0703 e. The number of nitrogens with zero attached hydrogens (tertiary/aromatic N) is 2. The van der Waals surface area contributed by atoms with Crippen molar-refractivity contribution < 1.29 is 4.21 Å². The van der Waals surface area contributed by atoms with Crippen LogP contribution in [0.3, 0.4) is 0 Å². The monoisotopic (exact) mass is 341 g/mol. The molecule has 0 amide bonds. The van der Waals surface area contributed by atoms with E-state index in [0.717, 1.165) is 22.3 Å². The number of anilines is 1. The summed E-state index contributed by atoms with van der Waals surface area (Å²) in [5.74, 6) is 0.426. The zero-order valence-corrected chi connectivity index (χ0v) is 13.3. The molecule has 19 heavy (non-hydrogen) atoms. The minimum Gasteiger partial charge on any atom is -0.398 e. The van der Waals surface area contributed by atoms with E-state index in [4.69, 9.17) is 5.73 Å². The number of benzene rings is 1. The van der Waals surface area contributed by atoms with Crippen molar-refractivity contribution in [2.45, 2.75) is 24.0 Å². The van der Waals surface area contributed by atoms with Gasteiger partial charge in [-0.1, -0.05) is 22.9 Å². The highest BCUT2D eigenvalue weighted by Gasteiger charge is 2.12. The average molecular weight is 342 g/mol. The Balaban J connectivity index is 2.23. The molecule has 1 heterocycles. The van der Waals surface area contributed by atoms with Crippen molar-refractivity contribution in [3.63, 3.8) is 0 Å². The third kappa shape index (κ3) is 3.25. The first-order chi connectivity index (χ1) is 9.01. The highest BCUT2D eigenvalue weighted by Crippen LogP contribution is 2.23. The number of hydrogen-bond acceptors (Lipinski definition) is 3. The molecule has 1 atom stereocenters. The molecule has 0 aliphatic carbocycles. The molecule has 2 N–H and O–H groups in total. The molecule has 1 unspecified atom stereocenters. The number of nitrogens with two attached hydrogens (primary N) is 1. The van der Waals surface area contributed by atoms with Crippen LogP contribution in [-0.2, 0) is 30.0 Å². The molecular formula is C13H16BrN3OS. The van der Waals surface area contributed by atoms with Crippen LogP contribution in [0.15, 0.2) is 33.6 Å². The van der Waals surface area contributed by atoms with E-state index in [1.807, 2.05) is 19.2 Å². The molecule has 6 heteroatoms. The first-order valence-electron chi connectivity index (χ1n) is 5.96. The van der Waals surface area contributed by atoms with Gasteiger partial charge in [0.05, 0.1) is 32.8 Å². The summed E-state index contributed by atoms with van der Waals surface area (Å²) in [6, 6.07) is 7.41. The third-order valence-corrected chi connectivity index (χ3v) is 4.80. The summed E-state index contributed by atoms with van der Waals surface area (Å²) >= 11 is 3.34. The number of hydrogen-bond donors (Lipinski definition) is 1. The summed E-state index contributed by atoms with van der Waals surface area (Å²) in [4.78, 5) is 0.669. The summed E-state index contributed by atoms with van der Waals surface area (Å²) in [6.45, 7) is 2.05. The minimum atomic E-state index is -1.16. The molecule has 0 radical (unpaired) electrons. The van der Waals surface area contributed by atoms with Crippen LogP contribution in [0.4, 0.5) is 5.69 Å². The fourth-order valence-electron chi connectivity index (χ4n) is 1.82. The molecule has 0 saturated carbocycles. The highest BCUT2D eigenvalue weighted by atomic mass is 79.9. The Morgan fingerprint density at radius 3 is 2.74 bits per heavy atom. The van der Waals surface area contributed by atoms with Gasteiger partial charge in [0.1, 0.15) is 0 Å². The SMILES string of the molecule is CCc1cc(CS(=O)c2ccc(Br)cc2N)n(C)n1. The van der Waals surface area contributed by atoms with Gasteiger partial charge in [-0.3, -0.25) is 8.89 Å². The minimum absolute atomic E-state index is 0.426. The van der Waals surface area contributed by atoms with Gasteiger partial charge in [-0.05, 0) is 30.7 Å². The van der Waals surface area contributed by atoms with Crippen LogP contribution in [0.2, 0.25) is 0 Å². The molecule has 0 fully saturated rings. The number of nitrogen functional groups attached to an aromatic ring is 1. The zero-order valence-electron chi connectivity index (χ0n) is 10.9. The van der Waals surface area contributed by atoms with Gasteiger partial charge in [0.25, 0.3) is 0 Å². The van der Waals surface area contributed by atoms with Crippen molar-refractivity contribution in [2.24, 2.45) is 7.05 Å². The predicted octanol–water partition coefficient (Wildman–Crippen LogP) is 2.64. The number of aromatic nitrogens is 2. The van der Waals surface area contributed by atoms with Gasteiger partial charge in [0.15, 0.2) is 0 Å². The number of aryl methyl sites for hydroxylation is 2. The smallest absolute Gasteiger partial charge is 0.0703 e. The molecule has 0 saturated heterocycles. The molecule has 0 spiro atoms. The second-order valence-electron chi connectivity index (χ2n) is 4.28. The van der Waals surface area contributed by atoms with Crippen molar-refractivity contribution in [1.29, 1.82) is 0 Å². The van der Waals surface area contributed by atoms with Crippen molar-refractivity contribution >= 4 is 32.4 Å². The predicted molar refractivity (Wildman–Crippen MR) is 81.3 cm³/mol. The van der Waals surface area contributed by atoms with Crippen LogP contribution < -0.4 is 5.73 Å². The quantitative estimate of drug-likeness (QED) is 0.869. The Kier molecular flexibility index (Phi) is 4.42. The molecule has 4 nitrogen and oxygen atoms in total. The first kappa shape index (κ1) is 14.3. The van der Waals surface area contributed by atoms with Gasteiger partial charge >= 0.3 is 0 Å². The Hall–Kier alpha value is -1.14. The molecule has 1 aromatic carbocycles. The molecular weight excluding hydrogens is 326 g/mol. The summed E-state index contributed by atoms with van der Waals surface area (Å²) < 4.78 is 15.0. The lowest BCUT2D eigenvalue weighted by molar-refractivity contribution is 0.675. The number of halogens is 1. The molecule has 102 valence electrons. The topological polar surface area (TPSA) is 60.9 Å². The standard InChI is InChI=1S/C13H16BrN3OS/c1-3-10-7-11(17(2)16-10)8-19(18)13-5-4-9(14)6-12(13)15/h4-7H,3,8,15H2,1-2H3. The maximum atomic E-state index is 12.4. The van der Waals surface area contributed by atoms with Crippen LogP contribution in [0.5, 0.6) is 0 Å². The molecule has 2 rings (SSSR count). The van der Waals surface area contributed by atoms with Crippen LogP contribution in [-0.4, -0.2) is 14.0 Å². The van der Waals surface area contributed by atoms with E-state index in [2.05, 4.69) is 28.0 Å². The third-order valence-electron chi connectivity index (χ3n) is 2.89. The first-order valence-corrected chi connectivity index (χ1v) is 8.07. The second-order valence-corrected chi connectivity index (χ2v) is 6.61. The lowest BCUT2D eigenvalue weighted by Crippen LogP contribution is -2.05. The van der Waals surface area contributed by atoms with Gasteiger partial charge in [0.2, 0.25) is 0 Å². The largest absolute Gasteiger partial charge is 0.398 e. The van der Waals surface area contributed by atoms with Gasteiger partial charge in [0, 0.05) is 17.2 Å². The van der Waals surface area contributed by atoms with Gasteiger partial charge in [-0.25, -0.2) is 0 Å². The highest BCUT2D eigenvalue weighted by molar-refractivity contribution is 9.10. The van der Waals surface area contributed by atoms with Crippen LogP contribution >= 0.6 is 15.9 Å². The van der Waals surface area contributed by atoms with Gasteiger partial charge in [-0.2, -0.15) is 5.10 Å². The Morgan fingerprint density at radius 2 is 2.16 bits per heavy atom. The van der Waals surface area contributed by atoms with E-state index in [1.165, 1.54) is 0 Å². The fourth-order valence-corrected chi connectivity index (χ4v) is 3.43. The summed E-state index contributed by atoms with van der Waals surface area (Å²) in [5.41, 5.74) is 8.42. The van der Waals surface area contributed by atoms with Gasteiger partial charge in [-0.15, -0.1) is 0 Å².